The molecule has 0 fully saturated rings. The van der Waals surface area contributed by atoms with Gasteiger partial charge < -0.3 is 4.90 Å². The van der Waals surface area contributed by atoms with Gasteiger partial charge in [-0.05, 0) is 18.2 Å². The fraction of sp³-hybridized carbons (Fsp3) is 0.182. The predicted octanol–water partition coefficient (Wildman–Crippen LogP) is 1.36. The van der Waals surface area contributed by atoms with Crippen molar-refractivity contribution in [2.24, 2.45) is 0 Å². The number of H-pyrrole nitrogens is 1. The van der Waals surface area contributed by atoms with E-state index in [1.165, 1.54) is 24.3 Å². The third-order valence-corrected chi connectivity index (χ3v) is 2.37. The summed E-state index contributed by atoms with van der Waals surface area (Å²) in [5, 5.41) is 6.26. The van der Waals surface area contributed by atoms with E-state index >= 15 is 0 Å². The van der Waals surface area contributed by atoms with Gasteiger partial charge in [-0.2, -0.15) is 5.10 Å². The number of nitrogens with zero attached hydrogens (tertiary/aromatic N) is 3. The van der Waals surface area contributed by atoms with Gasteiger partial charge in [-0.1, -0.05) is 0 Å². The van der Waals surface area contributed by atoms with E-state index in [0.29, 0.717) is 5.82 Å². The van der Waals surface area contributed by atoms with Crippen molar-refractivity contribution in [3.05, 3.63) is 47.5 Å². The van der Waals surface area contributed by atoms with Crippen molar-refractivity contribution >= 4 is 5.91 Å². The minimum atomic E-state index is -1.05. The Morgan fingerprint density at radius 3 is 2.78 bits per heavy atom. The van der Waals surface area contributed by atoms with Crippen molar-refractivity contribution in [3.63, 3.8) is 0 Å². The van der Waals surface area contributed by atoms with Crippen LogP contribution in [0.3, 0.4) is 0 Å². The van der Waals surface area contributed by atoms with E-state index in [1.54, 1.807) is 0 Å². The SMILES string of the molecule is CN(Cc1ncn[nH]1)C(=O)c1ccc(F)c(F)c1. The number of hydrogen-bond donors (Lipinski definition) is 1. The zero-order chi connectivity index (χ0) is 13.1. The summed E-state index contributed by atoms with van der Waals surface area (Å²) in [6, 6.07) is 3.02. The van der Waals surface area contributed by atoms with Crippen LogP contribution >= 0.6 is 0 Å². The highest BCUT2D eigenvalue weighted by Crippen LogP contribution is 2.11. The summed E-state index contributed by atoms with van der Waals surface area (Å²) in [4.78, 5) is 17.1. The largest absolute Gasteiger partial charge is 0.334 e. The summed E-state index contributed by atoms with van der Waals surface area (Å²) < 4.78 is 25.8. The first-order valence-electron chi connectivity index (χ1n) is 5.12. The smallest absolute Gasteiger partial charge is 0.254 e. The third kappa shape index (κ3) is 2.50. The highest BCUT2D eigenvalue weighted by molar-refractivity contribution is 5.93. The molecule has 0 bridgehead atoms. The second kappa shape index (κ2) is 4.91. The average molecular weight is 252 g/mol. The molecule has 1 heterocycles. The molecule has 2 rings (SSSR count). The van der Waals surface area contributed by atoms with Crippen LogP contribution in [0.5, 0.6) is 0 Å². The van der Waals surface area contributed by atoms with Crippen molar-refractivity contribution in [1.29, 1.82) is 0 Å². The summed E-state index contributed by atoms with van der Waals surface area (Å²) in [5.41, 5.74) is 0.0796. The quantitative estimate of drug-likeness (QED) is 0.897. The predicted molar refractivity (Wildman–Crippen MR) is 58.5 cm³/mol. The lowest BCUT2D eigenvalue weighted by Gasteiger charge is -2.15. The number of benzene rings is 1. The van der Waals surface area contributed by atoms with Crippen molar-refractivity contribution < 1.29 is 13.6 Å². The minimum Gasteiger partial charge on any atom is -0.334 e. The monoisotopic (exact) mass is 252 g/mol. The molecule has 94 valence electrons. The first-order chi connectivity index (χ1) is 8.58. The Bertz CT molecular complexity index is 556. The van der Waals surface area contributed by atoms with Crippen LogP contribution in [0.2, 0.25) is 0 Å². The van der Waals surface area contributed by atoms with Crippen molar-refractivity contribution in [2.45, 2.75) is 6.54 Å². The van der Waals surface area contributed by atoms with E-state index in [0.717, 1.165) is 12.1 Å². The summed E-state index contributed by atoms with van der Waals surface area (Å²) in [6.45, 7) is 0.206. The fourth-order valence-corrected chi connectivity index (χ4v) is 1.45. The summed E-state index contributed by atoms with van der Waals surface area (Å²) in [7, 11) is 1.53. The maximum absolute atomic E-state index is 13.0. The molecule has 5 nitrogen and oxygen atoms in total. The van der Waals surface area contributed by atoms with Crippen LogP contribution in [0, 0.1) is 11.6 Å². The number of amides is 1. The zero-order valence-electron chi connectivity index (χ0n) is 9.52. The van der Waals surface area contributed by atoms with Crippen molar-refractivity contribution in [1.82, 2.24) is 20.1 Å². The number of aromatic amines is 1. The van der Waals surface area contributed by atoms with E-state index in [-0.39, 0.29) is 12.1 Å². The molecule has 0 saturated heterocycles. The Balaban J connectivity index is 2.12. The minimum absolute atomic E-state index is 0.0796. The highest BCUT2D eigenvalue weighted by atomic mass is 19.2. The van der Waals surface area contributed by atoms with Gasteiger partial charge in [0.05, 0.1) is 6.54 Å². The molecule has 0 atom stereocenters. The lowest BCUT2D eigenvalue weighted by Crippen LogP contribution is -2.26. The van der Waals surface area contributed by atoms with Gasteiger partial charge in [0.1, 0.15) is 12.2 Å². The van der Waals surface area contributed by atoms with E-state index in [2.05, 4.69) is 15.2 Å². The molecule has 1 N–H and O–H groups in total. The molecule has 0 unspecified atom stereocenters. The highest BCUT2D eigenvalue weighted by Gasteiger charge is 2.15. The average Bonchev–Trinajstić information content (AvgIpc) is 2.84. The summed E-state index contributed by atoms with van der Waals surface area (Å²) in [6.07, 6.45) is 1.32. The maximum Gasteiger partial charge on any atom is 0.254 e. The van der Waals surface area contributed by atoms with Gasteiger partial charge in [-0.3, -0.25) is 9.89 Å². The summed E-state index contributed by atoms with van der Waals surface area (Å²) in [5.74, 6) is -1.95. The zero-order valence-corrected chi connectivity index (χ0v) is 9.52. The topological polar surface area (TPSA) is 61.9 Å². The van der Waals surface area contributed by atoms with Gasteiger partial charge in [0.2, 0.25) is 0 Å². The normalized spacial score (nSPS) is 10.4. The fourth-order valence-electron chi connectivity index (χ4n) is 1.45. The number of carbonyl (C=O) groups is 1. The van der Waals surface area contributed by atoms with Gasteiger partial charge in [0, 0.05) is 12.6 Å². The third-order valence-electron chi connectivity index (χ3n) is 2.37. The molecule has 0 saturated carbocycles. The molecule has 2 aromatic rings. The standard InChI is InChI=1S/C11H10F2N4O/c1-17(5-10-14-6-15-16-10)11(18)7-2-3-8(12)9(13)4-7/h2-4,6H,5H2,1H3,(H,14,15,16). The van der Waals surface area contributed by atoms with E-state index in [4.69, 9.17) is 0 Å². The van der Waals surface area contributed by atoms with Gasteiger partial charge in [-0.15, -0.1) is 0 Å². The number of hydrogen-bond acceptors (Lipinski definition) is 3. The molecular formula is C11H10F2N4O. The van der Waals surface area contributed by atoms with Crippen LogP contribution in [0.15, 0.2) is 24.5 Å². The Morgan fingerprint density at radius 1 is 1.39 bits per heavy atom. The van der Waals surface area contributed by atoms with E-state index < -0.39 is 17.5 Å². The number of nitrogens with one attached hydrogen (secondary N) is 1. The van der Waals surface area contributed by atoms with Gasteiger partial charge in [-0.25, -0.2) is 13.8 Å². The Hall–Kier alpha value is -2.31. The Kier molecular flexibility index (Phi) is 3.31. The lowest BCUT2D eigenvalue weighted by molar-refractivity contribution is 0.0781. The first-order valence-corrected chi connectivity index (χ1v) is 5.12. The molecule has 0 aliphatic heterocycles. The Labute approximate surface area is 101 Å². The molecule has 0 radical (unpaired) electrons. The van der Waals surface area contributed by atoms with Crippen LogP contribution in [-0.4, -0.2) is 33.0 Å². The van der Waals surface area contributed by atoms with Crippen LogP contribution < -0.4 is 0 Å². The molecule has 7 heteroatoms. The number of halogens is 2. The molecule has 18 heavy (non-hydrogen) atoms. The van der Waals surface area contributed by atoms with Gasteiger partial charge in [0.25, 0.3) is 5.91 Å². The van der Waals surface area contributed by atoms with Crippen molar-refractivity contribution in [3.8, 4) is 0 Å². The molecule has 0 spiro atoms. The first kappa shape index (κ1) is 12.2. The van der Waals surface area contributed by atoms with Crippen LogP contribution in [0.25, 0.3) is 0 Å². The summed E-state index contributed by atoms with van der Waals surface area (Å²) >= 11 is 0. The van der Waals surface area contributed by atoms with Crippen LogP contribution in [0.1, 0.15) is 16.2 Å². The van der Waals surface area contributed by atoms with Crippen LogP contribution in [0.4, 0.5) is 8.78 Å². The lowest BCUT2D eigenvalue weighted by atomic mass is 10.2. The molecular weight excluding hydrogens is 242 g/mol. The molecule has 1 aromatic heterocycles. The van der Waals surface area contributed by atoms with Gasteiger partial charge >= 0.3 is 0 Å². The molecule has 1 amide bonds. The van der Waals surface area contributed by atoms with Crippen molar-refractivity contribution in [2.75, 3.05) is 7.05 Å². The second-order valence-electron chi connectivity index (χ2n) is 3.72. The maximum atomic E-state index is 13.0. The number of aromatic nitrogens is 3. The van der Waals surface area contributed by atoms with E-state index in [1.807, 2.05) is 0 Å². The number of rotatable bonds is 3. The molecule has 0 aliphatic rings. The molecule has 0 aliphatic carbocycles. The molecule has 1 aromatic carbocycles. The number of carbonyl (C=O) groups excluding carboxylic acids is 1. The van der Waals surface area contributed by atoms with E-state index in [9.17, 15) is 13.6 Å². The van der Waals surface area contributed by atoms with Crippen LogP contribution in [-0.2, 0) is 6.54 Å². The second-order valence-corrected chi connectivity index (χ2v) is 3.72. The van der Waals surface area contributed by atoms with Gasteiger partial charge in [0.15, 0.2) is 11.6 Å². The Morgan fingerprint density at radius 2 is 2.17 bits per heavy atom.